The molecule has 0 spiro atoms. The van der Waals surface area contributed by atoms with Gasteiger partial charge in [0.1, 0.15) is 8.71 Å². The van der Waals surface area contributed by atoms with Gasteiger partial charge in [0.15, 0.2) is 0 Å². The first-order valence-corrected chi connectivity index (χ1v) is 9.60. The quantitative estimate of drug-likeness (QED) is 0.560. The number of hydrogen-bond donors (Lipinski definition) is 0. The third kappa shape index (κ3) is 2.93. The highest BCUT2D eigenvalue weighted by Gasteiger charge is 2.20. The zero-order chi connectivity index (χ0) is 16.7. The molecule has 1 fully saturated rings. The van der Waals surface area contributed by atoms with Gasteiger partial charge >= 0.3 is 0 Å². The Bertz CT molecular complexity index is 880. The fourth-order valence-electron chi connectivity index (χ4n) is 2.73. The number of halogens is 1. The molecule has 2 aromatic heterocycles. The zero-order valence-corrected chi connectivity index (χ0v) is 16.1. The Hall–Kier alpha value is -1.52. The van der Waals surface area contributed by atoms with Crippen molar-refractivity contribution in [2.24, 2.45) is 0 Å². The number of benzene rings is 1. The van der Waals surface area contributed by atoms with Gasteiger partial charge in [0, 0.05) is 37.3 Å². The van der Waals surface area contributed by atoms with E-state index in [4.69, 9.17) is 0 Å². The van der Waals surface area contributed by atoms with Crippen molar-refractivity contribution in [2.75, 3.05) is 33.2 Å². The van der Waals surface area contributed by atoms with E-state index in [1.807, 2.05) is 33.7 Å². The number of amides is 1. The van der Waals surface area contributed by atoms with Crippen LogP contribution in [0.2, 0.25) is 0 Å². The first-order valence-electron chi connectivity index (χ1n) is 7.70. The van der Waals surface area contributed by atoms with Crippen LogP contribution in [0.5, 0.6) is 0 Å². The molecule has 1 saturated heterocycles. The summed E-state index contributed by atoms with van der Waals surface area (Å²) in [5.41, 5.74) is 1.75. The summed E-state index contributed by atoms with van der Waals surface area (Å²) in [6.07, 6.45) is 1.81. The predicted molar refractivity (Wildman–Crippen MR) is 102 cm³/mol. The molecule has 124 valence electrons. The lowest BCUT2D eigenvalue weighted by atomic mass is 10.1. The summed E-state index contributed by atoms with van der Waals surface area (Å²) in [6, 6.07) is 7.72. The number of hydrogen-bond acceptors (Lipinski definition) is 5. The normalized spacial score (nSPS) is 16.0. The average molecular weight is 453 g/mol. The lowest BCUT2D eigenvalue weighted by Crippen LogP contribution is -2.47. The molecule has 0 aliphatic carbocycles. The minimum atomic E-state index is 0.109. The number of carbonyl (C=O) groups is 1. The van der Waals surface area contributed by atoms with Gasteiger partial charge in [-0.15, -0.1) is 0 Å². The monoisotopic (exact) mass is 453 g/mol. The van der Waals surface area contributed by atoms with Crippen LogP contribution in [0.25, 0.3) is 15.5 Å². The Labute approximate surface area is 157 Å². The van der Waals surface area contributed by atoms with Gasteiger partial charge in [0.05, 0.1) is 6.20 Å². The van der Waals surface area contributed by atoms with Crippen LogP contribution >= 0.6 is 33.9 Å². The van der Waals surface area contributed by atoms with Crippen molar-refractivity contribution in [3.8, 4) is 10.6 Å². The number of imidazole rings is 1. The molecule has 8 heteroatoms. The molecule has 0 unspecified atom stereocenters. The first-order chi connectivity index (χ1) is 11.6. The summed E-state index contributed by atoms with van der Waals surface area (Å²) in [7, 11) is 2.09. The maximum atomic E-state index is 12.6. The van der Waals surface area contributed by atoms with Crippen molar-refractivity contribution in [1.29, 1.82) is 0 Å². The second-order valence-electron chi connectivity index (χ2n) is 5.86. The van der Waals surface area contributed by atoms with E-state index in [9.17, 15) is 4.79 Å². The summed E-state index contributed by atoms with van der Waals surface area (Å²) in [6.45, 7) is 3.45. The molecular weight excluding hydrogens is 437 g/mol. The average Bonchev–Trinajstić information content (AvgIpc) is 3.18. The first kappa shape index (κ1) is 16.0. The molecule has 3 aromatic rings. The van der Waals surface area contributed by atoms with Gasteiger partial charge in [0.25, 0.3) is 5.91 Å². The van der Waals surface area contributed by atoms with Crippen molar-refractivity contribution in [3.63, 3.8) is 0 Å². The molecule has 0 radical (unpaired) electrons. The molecule has 1 aromatic carbocycles. The Kier molecular flexibility index (Phi) is 4.27. The van der Waals surface area contributed by atoms with E-state index < -0.39 is 0 Å². The molecule has 1 aliphatic rings. The van der Waals surface area contributed by atoms with E-state index in [1.54, 1.807) is 17.5 Å². The lowest BCUT2D eigenvalue weighted by Gasteiger charge is -2.32. The standard InChI is InChI=1S/C16H16IN5OS/c1-20-6-8-21(9-7-20)15(23)12-4-2-11(3-5-12)14-19-22-13(17)10-18-16(22)24-14/h2-5,10H,6-9H2,1H3. The van der Waals surface area contributed by atoms with Crippen molar-refractivity contribution < 1.29 is 4.79 Å². The Balaban J connectivity index is 1.54. The van der Waals surface area contributed by atoms with Crippen LogP contribution in [0.15, 0.2) is 30.5 Å². The van der Waals surface area contributed by atoms with Crippen molar-refractivity contribution in [1.82, 2.24) is 24.4 Å². The van der Waals surface area contributed by atoms with E-state index in [0.717, 1.165) is 51.0 Å². The van der Waals surface area contributed by atoms with Crippen LogP contribution in [-0.4, -0.2) is 63.5 Å². The second kappa shape index (κ2) is 6.41. The number of rotatable bonds is 2. The molecule has 0 N–H and O–H groups in total. The van der Waals surface area contributed by atoms with Gasteiger partial charge in [-0.1, -0.05) is 23.5 Å². The maximum Gasteiger partial charge on any atom is 0.253 e. The van der Waals surface area contributed by atoms with Crippen molar-refractivity contribution >= 4 is 44.8 Å². The lowest BCUT2D eigenvalue weighted by molar-refractivity contribution is 0.0664. The van der Waals surface area contributed by atoms with Crippen molar-refractivity contribution in [2.45, 2.75) is 0 Å². The molecule has 6 nitrogen and oxygen atoms in total. The van der Waals surface area contributed by atoms with E-state index in [1.165, 1.54) is 0 Å². The van der Waals surface area contributed by atoms with Crippen LogP contribution in [-0.2, 0) is 0 Å². The Morgan fingerprint density at radius 1 is 1.17 bits per heavy atom. The molecule has 0 saturated carbocycles. The van der Waals surface area contributed by atoms with Crippen LogP contribution in [0, 0.1) is 3.70 Å². The maximum absolute atomic E-state index is 12.6. The topological polar surface area (TPSA) is 53.7 Å². The smallest absolute Gasteiger partial charge is 0.253 e. The SMILES string of the molecule is CN1CCN(C(=O)c2ccc(-c3nn4c(I)cnc4s3)cc2)CC1. The fraction of sp³-hybridized carbons (Fsp3) is 0.312. The third-order valence-electron chi connectivity index (χ3n) is 4.21. The molecule has 4 rings (SSSR count). The minimum absolute atomic E-state index is 0.109. The number of likely N-dealkylation sites (N-methyl/N-ethyl adjacent to an activating group) is 1. The minimum Gasteiger partial charge on any atom is -0.336 e. The summed E-state index contributed by atoms with van der Waals surface area (Å²) in [4.78, 5) is 22.0. The van der Waals surface area contributed by atoms with E-state index in [-0.39, 0.29) is 5.91 Å². The molecular formula is C16H16IN5OS. The third-order valence-corrected chi connectivity index (χ3v) is 5.92. The van der Waals surface area contributed by atoms with E-state index >= 15 is 0 Å². The number of fused-ring (bicyclic) bond motifs is 1. The zero-order valence-electron chi connectivity index (χ0n) is 13.1. The molecule has 1 aliphatic heterocycles. The predicted octanol–water partition coefficient (Wildman–Crippen LogP) is 2.45. The number of aromatic nitrogens is 3. The largest absolute Gasteiger partial charge is 0.336 e. The summed E-state index contributed by atoms with van der Waals surface area (Å²) in [5, 5.41) is 5.49. The second-order valence-corrected chi connectivity index (χ2v) is 7.92. The van der Waals surface area contributed by atoms with Crippen LogP contribution in [0.3, 0.4) is 0 Å². The number of piperazine rings is 1. The van der Waals surface area contributed by atoms with Crippen LogP contribution in [0.4, 0.5) is 0 Å². The van der Waals surface area contributed by atoms with Crippen LogP contribution in [0.1, 0.15) is 10.4 Å². The van der Waals surface area contributed by atoms with Crippen LogP contribution < -0.4 is 0 Å². The van der Waals surface area contributed by atoms with Gasteiger partial charge in [0.2, 0.25) is 4.96 Å². The fourth-order valence-corrected chi connectivity index (χ4v) is 4.25. The van der Waals surface area contributed by atoms with Gasteiger partial charge < -0.3 is 9.80 Å². The Morgan fingerprint density at radius 2 is 1.88 bits per heavy atom. The van der Waals surface area contributed by atoms with Gasteiger partial charge in [-0.3, -0.25) is 4.79 Å². The molecule has 3 heterocycles. The summed E-state index contributed by atoms with van der Waals surface area (Å²) < 4.78 is 2.83. The number of carbonyl (C=O) groups excluding carboxylic acids is 1. The summed E-state index contributed by atoms with van der Waals surface area (Å²) >= 11 is 3.77. The van der Waals surface area contributed by atoms with Gasteiger partial charge in [-0.2, -0.15) is 9.61 Å². The highest BCUT2D eigenvalue weighted by molar-refractivity contribution is 14.1. The van der Waals surface area contributed by atoms with E-state index in [2.05, 4.69) is 44.6 Å². The number of nitrogens with zero attached hydrogens (tertiary/aromatic N) is 5. The molecule has 24 heavy (non-hydrogen) atoms. The van der Waals surface area contributed by atoms with Gasteiger partial charge in [-0.05, 0) is 41.8 Å². The van der Waals surface area contributed by atoms with Crippen molar-refractivity contribution in [3.05, 3.63) is 39.7 Å². The highest BCUT2D eigenvalue weighted by Crippen LogP contribution is 2.26. The summed E-state index contributed by atoms with van der Waals surface area (Å²) in [5.74, 6) is 0.109. The molecule has 0 bridgehead atoms. The molecule has 0 atom stereocenters. The highest BCUT2D eigenvalue weighted by atomic mass is 127. The van der Waals surface area contributed by atoms with E-state index in [0.29, 0.717) is 0 Å². The molecule has 1 amide bonds. The van der Waals surface area contributed by atoms with Gasteiger partial charge in [-0.25, -0.2) is 4.98 Å². The Morgan fingerprint density at radius 3 is 2.54 bits per heavy atom.